The Balaban J connectivity index is 1.83. The number of hydrogen-bond donors (Lipinski definition) is 3. The number of ether oxygens (including phenoxy) is 1. The zero-order chi connectivity index (χ0) is 20.4. The van der Waals surface area contributed by atoms with Gasteiger partial charge in [-0.05, 0) is 56.2 Å². The Bertz CT molecular complexity index is 1020. The van der Waals surface area contributed by atoms with Crippen molar-refractivity contribution in [1.82, 2.24) is 5.16 Å². The van der Waals surface area contributed by atoms with Crippen molar-refractivity contribution in [3.8, 4) is 16.2 Å². The van der Waals surface area contributed by atoms with Gasteiger partial charge in [0, 0.05) is 4.88 Å². The van der Waals surface area contributed by atoms with Gasteiger partial charge in [-0.1, -0.05) is 5.16 Å². The van der Waals surface area contributed by atoms with Crippen LogP contribution in [0.5, 0.6) is 5.75 Å². The average molecular weight is 400 g/mol. The number of thiophene rings is 1. The first kappa shape index (κ1) is 19.4. The Hall–Kier alpha value is -3.33. The molecular weight excluding hydrogens is 380 g/mol. The molecule has 3 amide bonds. The number of aromatic nitrogens is 1. The lowest BCUT2D eigenvalue weighted by Gasteiger charge is -2.07. The van der Waals surface area contributed by atoms with Gasteiger partial charge in [0.25, 0.3) is 5.91 Å². The fourth-order valence-corrected chi connectivity index (χ4v) is 4.07. The van der Waals surface area contributed by atoms with Crippen LogP contribution in [0.15, 0.2) is 28.8 Å². The monoisotopic (exact) mass is 400 g/mol. The van der Waals surface area contributed by atoms with Gasteiger partial charge in [0.05, 0.1) is 16.8 Å². The molecular formula is C19H20N4O4S. The third-order valence-electron chi connectivity index (χ3n) is 4.31. The molecule has 0 unspecified atom stereocenters. The zero-order valence-corrected chi connectivity index (χ0v) is 16.5. The largest absolute Gasteiger partial charge is 0.489 e. The van der Waals surface area contributed by atoms with E-state index in [1.807, 2.05) is 38.1 Å². The number of aryl methyl sites for hydroxylation is 2. The fraction of sp³-hybridized carbons (Fsp3) is 0.211. The molecule has 0 aliphatic carbocycles. The lowest BCUT2D eigenvalue weighted by Crippen LogP contribution is -2.21. The highest BCUT2D eigenvalue weighted by molar-refractivity contribution is 7.20. The SMILES string of the molecule is Cc1noc(C)c1COc1ccc(-c2sc(NC(N)=O)c(C(N)=O)c2C)cc1. The number of nitrogens with one attached hydrogen (secondary N) is 1. The normalized spacial score (nSPS) is 10.7. The van der Waals surface area contributed by atoms with Crippen molar-refractivity contribution < 1.29 is 18.8 Å². The Labute approximate surface area is 165 Å². The number of nitrogens with zero attached hydrogens (tertiary/aromatic N) is 1. The summed E-state index contributed by atoms with van der Waals surface area (Å²) in [6.45, 7) is 5.85. The summed E-state index contributed by atoms with van der Waals surface area (Å²) >= 11 is 1.24. The van der Waals surface area contributed by atoms with Crippen LogP contribution in [0.1, 0.15) is 32.9 Å². The number of primary amides is 2. The fourth-order valence-electron chi connectivity index (χ4n) is 2.85. The lowest BCUT2D eigenvalue weighted by atomic mass is 10.1. The molecule has 0 saturated heterocycles. The molecule has 0 atom stereocenters. The van der Waals surface area contributed by atoms with Crippen molar-refractivity contribution in [2.45, 2.75) is 27.4 Å². The van der Waals surface area contributed by atoms with Crippen LogP contribution in [-0.4, -0.2) is 17.1 Å². The van der Waals surface area contributed by atoms with E-state index in [0.717, 1.165) is 27.5 Å². The molecule has 0 radical (unpaired) electrons. The highest BCUT2D eigenvalue weighted by atomic mass is 32.1. The number of hydrogen-bond acceptors (Lipinski definition) is 6. The zero-order valence-electron chi connectivity index (χ0n) is 15.7. The van der Waals surface area contributed by atoms with Crippen LogP contribution in [0.3, 0.4) is 0 Å². The Morgan fingerprint density at radius 1 is 1.18 bits per heavy atom. The van der Waals surface area contributed by atoms with Gasteiger partial charge >= 0.3 is 6.03 Å². The summed E-state index contributed by atoms with van der Waals surface area (Å²) in [5.74, 6) is 0.795. The molecule has 5 N–H and O–H groups in total. The van der Waals surface area contributed by atoms with E-state index in [1.54, 1.807) is 6.92 Å². The molecule has 2 aromatic heterocycles. The first-order valence-corrected chi connectivity index (χ1v) is 9.24. The Morgan fingerprint density at radius 3 is 2.39 bits per heavy atom. The number of anilines is 1. The third kappa shape index (κ3) is 3.84. The summed E-state index contributed by atoms with van der Waals surface area (Å²) in [5, 5.41) is 6.71. The van der Waals surface area contributed by atoms with E-state index in [9.17, 15) is 9.59 Å². The molecule has 0 spiro atoms. The van der Waals surface area contributed by atoms with Crippen molar-refractivity contribution >= 4 is 28.3 Å². The molecule has 2 heterocycles. The Morgan fingerprint density at radius 2 is 1.86 bits per heavy atom. The van der Waals surface area contributed by atoms with Crippen molar-refractivity contribution in [2.24, 2.45) is 11.5 Å². The number of nitrogens with two attached hydrogens (primary N) is 2. The van der Waals surface area contributed by atoms with Gasteiger partial charge in [-0.15, -0.1) is 11.3 Å². The maximum atomic E-state index is 11.8. The second-order valence-corrected chi connectivity index (χ2v) is 7.25. The van der Waals surface area contributed by atoms with Gasteiger partial charge < -0.3 is 20.7 Å². The van der Waals surface area contributed by atoms with E-state index in [4.69, 9.17) is 20.7 Å². The van der Waals surface area contributed by atoms with Crippen molar-refractivity contribution in [3.05, 3.63) is 52.4 Å². The summed E-state index contributed by atoms with van der Waals surface area (Å²) in [5.41, 5.74) is 14.2. The third-order valence-corrected chi connectivity index (χ3v) is 5.57. The maximum absolute atomic E-state index is 11.8. The number of benzene rings is 1. The molecule has 0 saturated carbocycles. The smallest absolute Gasteiger partial charge is 0.317 e. The number of rotatable bonds is 6. The Kier molecular flexibility index (Phi) is 5.36. The molecule has 0 aliphatic heterocycles. The van der Waals surface area contributed by atoms with Crippen LogP contribution in [-0.2, 0) is 6.61 Å². The van der Waals surface area contributed by atoms with E-state index < -0.39 is 11.9 Å². The molecule has 0 fully saturated rings. The van der Waals surface area contributed by atoms with E-state index >= 15 is 0 Å². The second-order valence-electron chi connectivity index (χ2n) is 6.23. The van der Waals surface area contributed by atoms with Gasteiger partial charge in [0.2, 0.25) is 0 Å². The molecule has 8 nitrogen and oxygen atoms in total. The molecule has 28 heavy (non-hydrogen) atoms. The van der Waals surface area contributed by atoms with Crippen LogP contribution in [0.25, 0.3) is 10.4 Å². The summed E-state index contributed by atoms with van der Waals surface area (Å²) < 4.78 is 10.9. The number of urea groups is 1. The number of carbonyl (C=O) groups excluding carboxylic acids is 2. The standard InChI is InChI=1S/C19H20N4O4S/c1-9-15(17(20)24)18(22-19(21)25)28-16(9)12-4-6-13(7-5-12)26-8-14-10(2)23-27-11(14)3/h4-7H,8H2,1-3H3,(H2,20,24)(H3,21,22,25). The molecule has 1 aromatic carbocycles. The second kappa shape index (κ2) is 7.73. The maximum Gasteiger partial charge on any atom is 0.317 e. The minimum atomic E-state index is -0.752. The molecule has 3 rings (SSSR count). The van der Waals surface area contributed by atoms with Crippen LogP contribution in [0, 0.1) is 20.8 Å². The predicted octanol–water partition coefficient (Wildman–Crippen LogP) is 3.50. The molecule has 0 aliphatic rings. The van der Waals surface area contributed by atoms with E-state index in [-0.39, 0.29) is 5.56 Å². The van der Waals surface area contributed by atoms with Gasteiger partial charge in [-0.3, -0.25) is 10.1 Å². The van der Waals surface area contributed by atoms with Crippen molar-refractivity contribution in [2.75, 3.05) is 5.32 Å². The topological polar surface area (TPSA) is 133 Å². The summed E-state index contributed by atoms with van der Waals surface area (Å²) in [6, 6.07) is 6.66. The van der Waals surface area contributed by atoms with Gasteiger partial charge in [0.1, 0.15) is 23.1 Å². The highest BCUT2D eigenvalue weighted by Gasteiger charge is 2.21. The van der Waals surface area contributed by atoms with Gasteiger partial charge in [-0.2, -0.15) is 0 Å². The first-order chi connectivity index (χ1) is 13.3. The van der Waals surface area contributed by atoms with Crippen LogP contribution >= 0.6 is 11.3 Å². The lowest BCUT2D eigenvalue weighted by molar-refractivity contribution is 0.100. The first-order valence-electron chi connectivity index (χ1n) is 8.42. The highest BCUT2D eigenvalue weighted by Crippen LogP contribution is 2.40. The molecule has 9 heteroatoms. The minimum absolute atomic E-state index is 0.262. The van der Waals surface area contributed by atoms with Gasteiger partial charge in [-0.25, -0.2) is 4.79 Å². The molecule has 146 valence electrons. The average Bonchev–Trinajstić information content (AvgIpc) is 3.12. The summed E-state index contributed by atoms with van der Waals surface area (Å²) in [4.78, 5) is 23.8. The molecule has 0 bridgehead atoms. The number of carbonyl (C=O) groups is 2. The number of amides is 3. The van der Waals surface area contributed by atoms with Crippen LogP contribution in [0.2, 0.25) is 0 Å². The van der Waals surface area contributed by atoms with E-state index in [1.165, 1.54) is 11.3 Å². The van der Waals surface area contributed by atoms with Crippen LogP contribution in [0.4, 0.5) is 9.80 Å². The summed E-state index contributed by atoms with van der Waals surface area (Å²) in [7, 11) is 0. The van der Waals surface area contributed by atoms with Crippen molar-refractivity contribution in [1.29, 1.82) is 0 Å². The van der Waals surface area contributed by atoms with Crippen LogP contribution < -0.4 is 21.5 Å². The summed E-state index contributed by atoms with van der Waals surface area (Å²) in [6.07, 6.45) is 0. The predicted molar refractivity (Wildman–Crippen MR) is 107 cm³/mol. The van der Waals surface area contributed by atoms with Gasteiger partial charge in [0.15, 0.2) is 0 Å². The van der Waals surface area contributed by atoms with E-state index in [2.05, 4.69) is 10.5 Å². The quantitative estimate of drug-likeness (QED) is 0.582. The molecule has 3 aromatic rings. The van der Waals surface area contributed by atoms with E-state index in [0.29, 0.717) is 22.9 Å². The minimum Gasteiger partial charge on any atom is -0.489 e. The van der Waals surface area contributed by atoms with Crippen molar-refractivity contribution in [3.63, 3.8) is 0 Å².